The number of para-hydroxylation sites is 1. The van der Waals surface area contributed by atoms with Crippen LogP contribution in [0.15, 0.2) is 54.6 Å². The third-order valence-electron chi connectivity index (χ3n) is 4.77. The maximum atomic E-state index is 12.5. The molecule has 0 aromatic heterocycles. The number of hydrogen-bond donors (Lipinski definition) is 1. The zero-order chi connectivity index (χ0) is 19.9. The van der Waals surface area contributed by atoms with Gasteiger partial charge in [-0.25, -0.2) is 4.79 Å². The Bertz CT molecular complexity index is 851. The van der Waals surface area contributed by atoms with Gasteiger partial charge in [0.1, 0.15) is 0 Å². The normalized spacial score (nSPS) is 16.3. The first-order valence-electron chi connectivity index (χ1n) is 9.45. The summed E-state index contributed by atoms with van der Waals surface area (Å²) in [6, 6.07) is 15.3. The van der Waals surface area contributed by atoms with Gasteiger partial charge in [0.15, 0.2) is 6.61 Å². The molecule has 0 saturated carbocycles. The molecule has 1 heterocycles. The Hall–Kier alpha value is -3.15. The molecule has 2 aromatic rings. The van der Waals surface area contributed by atoms with Gasteiger partial charge in [-0.3, -0.25) is 9.59 Å². The van der Waals surface area contributed by atoms with Gasteiger partial charge < -0.3 is 15.0 Å². The quantitative estimate of drug-likeness (QED) is 0.807. The van der Waals surface area contributed by atoms with E-state index in [0.717, 1.165) is 12.8 Å². The summed E-state index contributed by atoms with van der Waals surface area (Å²) < 4.78 is 5.22. The molecular formula is C22H24N2O4. The zero-order valence-electron chi connectivity index (χ0n) is 15.9. The summed E-state index contributed by atoms with van der Waals surface area (Å²) in [6.07, 6.45) is 2.08. The fourth-order valence-electron chi connectivity index (χ4n) is 3.27. The minimum atomic E-state index is -0.637. The van der Waals surface area contributed by atoms with Gasteiger partial charge in [-0.15, -0.1) is 0 Å². The van der Waals surface area contributed by atoms with Gasteiger partial charge >= 0.3 is 5.97 Å². The van der Waals surface area contributed by atoms with Gasteiger partial charge in [0, 0.05) is 18.7 Å². The second-order valence-electron chi connectivity index (χ2n) is 7.03. The molecule has 1 N–H and O–H groups in total. The molecule has 2 aromatic carbocycles. The van der Waals surface area contributed by atoms with E-state index in [9.17, 15) is 14.4 Å². The van der Waals surface area contributed by atoms with Crippen molar-refractivity contribution in [1.29, 1.82) is 0 Å². The van der Waals surface area contributed by atoms with E-state index in [2.05, 4.69) is 12.2 Å². The first kappa shape index (κ1) is 19.6. The first-order chi connectivity index (χ1) is 13.5. The first-order valence-corrected chi connectivity index (χ1v) is 9.45. The van der Waals surface area contributed by atoms with Crippen molar-refractivity contribution < 1.29 is 19.1 Å². The monoisotopic (exact) mass is 380 g/mol. The van der Waals surface area contributed by atoms with E-state index in [0.29, 0.717) is 30.3 Å². The molecule has 1 aliphatic rings. The van der Waals surface area contributed by atoms with E-state index in [4.69, 9.17) is 4.74 Å². The Morgan fingerprint density at radius 2 is 1.79 bits per heavy atom. The van der Waals surface area contributed by atoms with Crippen molar-refractivity contribution in [1.82, 2.24) is 4.90 Å². The summed E-state index contributed by atoms with van der Waals surface area (Å²) in [5, 5.41) is 2.73. The van der Waals surface area contributed by atoms with E-state index in [1.807, 2.05) is 6.07 Å². The fraction of sp³-hybridized carbons (Fsp3) is 0.318. The van der Waals surface area contributed by atoms with Crippen LogP contribution in [0.3, 0.4) is 0 Å². The predicted octanol–water partition coefficient (Wildman–Crippen LogP) is 3.35. The molecule has 0 bridgehead atoms. The number of carbonyl (C=O) groups excluding carboxylic acids is 3. The maximum Gasteiger partial charge on any atom is 0.340 e. The number of anilines is 1. The number of benzene rings is 2. The van der Waals surface area contributed by atoms with Crippen molar-refractivity contribution in [3.05, 3.63) is 65.7 Å². The lowest BCUT2D eigenvalue weighted by molar-refractivity contribution is -0.136. The number of nitrogens with zero attached hydrogens (tertiary/aromatic N) is 1. The Morgan fingerprint density at radius 1 is 1.07 bits per heavy atom. The topological polar surface area (TPSA) is 75.7 Å². The van der Waals surface area contributed by atoms with Gasteiger partial charge in [0.25, 0.3) is 11.8 Å². The number of hydrogen-bond acceptors (Lipinski definition) is 4. The van der Waals surface area contributed by atoms with E-state index >= 15 is 0 Å². The lowest BCUT2D eigenvalue weighted by atomic mass is 10.0. The number of likely N-dealkylation sites (tertiary alicyclic amines) is 1. The number of ether oxygens (including phenoxy) is 1. The number of rotatable bonds is 5. The van der Waals surface area contributed by atoms with Crippen molar-refractivity contribution >= 4 is 23.5 Å². The van der Waals surface area contributed by atoms with E-state index < -0.39 is 5.97 Å². The van der Waals surface area contributed by atoms with Crippen LogP contribution >= 0.6 is 0 Å². The van der Waals surface area contributed by atoms with Crippen molar-refractivity contribution in [3.8, 4) is 0 Å². The van der Waals surface area contributed by atoms with Gasteiger partial charge in [0.05, 0.1) is 11.3 Å². The molecule has 0 radical (unpaired) electrons. The second kappa shape index (κ2) is 9.17. The molecule has 3 rings (SSSR count). The van der Waals surface area contributed by atoms with Crippen molar-refractivity contribution in [3.63, 3.8) is 0 Å². The third-order valence-corrected chi connectivity index (χ3v) is 4.77. The highest BCUT2D eigenvalue weighted by Crippen LogP contribution is 2.18. The molecule has 28 heavy (non-hydrogen) atoms. The number of amides is 2. The number of carbonyl (C=O) groups is 3. The van der Waals surface area contributed by atoms with Crippen LogP contribution in [-0.4, -0.2) is 42.4 Å². The van der Waals surface area contributed by atoms with Crippen LogP contribution in [0.1, 0.15) is 40.5 Å². The summed E-state index contributed by atoms with van der Waals surface area (Å²) in [5.41, 5.74) is 1.05. The van der Waals surface area contributed by atoms with Gasteiger partial charge in [-0.2, -0.15) is 0 Å². The van der Waals surface area contributed by atoms with E-state index in [1.54, 1.807) is 53.4 Å². The standard InChI is InChI=1S/C22H24N2O4/c1-16-8-7-13-24(14-16)20(25)15-28-22(27)18-11-5-6-12-19(18)23-21(26)17-9-3-2-4-10-17/h2-6,9-12,16H,7-8,13-15H2,1H3,(H,23,26)/t16-/m1/s1. The Balaban J connectivity index is 1.62. The minimum Gasteiger partial charge on any atom is -0.452 e. The van der Waals surface area contributed by atoms with E-state index in [-0.39, 0.29) is 24.0 Å². The molecule has 6 heteroatoms. The van der Waals surface area contributed by atoms with Crippen LogP contribution in [0.25, 0.3) is 0 Å². The molecule has 1 saturated heterocycles. The van der Waals surface area contributed by atoms with Gasteiger partial charge in [-0.1, -0.05) is 37.3 Å². The highest BCUT2D eigenvalue weighted by molar-refractivity contribution is 6.08. The molecule has 0 spiro atoms. The van der Waals surface area contributed by atoms with Crippen molar-refractivity contribution in [2.24, 2.45) is 5.92 Å². The van der Waals surface area contributed by atoms with E-state index in [1.165, 1.54) is 0 Å². The van der Waals surface area contributed by atoms with Crippen LogP contribution in [0, 0.1) is 5.92 Å². The molecule has 0 unspecified atom stereocenters. The van der Waals surface area contributed by atoms with Crippen LogP contribution < -0.4 is 5.32 Å². The fourth-order valence-corrected chi connectivity index (χ4v) is 3.27. The maximum absolute atomic E-state index is 12.5. The molecule has 0 aliphatic carbocycles. The SMILES string of the molecule is C[C@@H]1CCCN(C(=O)COC(=O)c2ccccc2NC(=O)c2ccccc2)C1. The lowest BCUT2D eigenvalue weighted by Crippen LogP contribution is -2.41. The van der Waals surface area contributed by atoms with Crippen molar-refractivity contribution in [2.45, 2.75) is 19.8 Å². The number of esters is 1. The van der Waals surface area contributed by atoms with Crippen LogP contribution in [0.5, 0.6) is 0 Å². The second-order valence-corrected chi connectivity index (χ2v) is 7.03. The molecule has 2 amide bonds. The largest absolute Gasteiger partial charge is 0.452 e. The van der Waals surface area contributed by atoms with Crippen LogP contribution in [0.2, 0.25) is 0 Å². The average molecular weight is 380 g/mol. The highest BCUT2D eigenvalue weighted by atomic mass is 16.5. The third kappa shape index (κ3) is 4.97. The van der Waals surface area contributed by atoms with Crippen LogP contribution in [0.4, 0.5) is 5.69 Å². The average Bonchev–Trinajstić information content (AvgIpc) is 2.72. The Kier molecular flexibility index (Phi) is 6.42. The summed E-state index contributed by atoms with van der Waals surface area (Å²) in [5.74, 6) is -0.686. The number of piperidine rings is 1. The lowest BCUT2D eigenvalue weighted by Gasteiger charge is -2.30. The Morgan fingerprint density at radius 3 is 2.54 bits per heavy atom. The van der Waals surface area contributed by atoms with Crippen LogP contribution in [-0.2, 0) is 9.53 Å². The molecule has 1 aliphatic heterocycles. The Labute approximate surface area is 164 Å². The van der Waals surface area contributed by atoms with Crippen molar-refractivity contribution in [2.75, 3.05) is 25.0 Å². The summed E-state index contributed by atoms with van der Waals surface area (Å²) >= 11 is 0. The summed E-state index contributed by atoms with van der Waals surface area (Å²) in [4.78, 5) is 38.9. The molecule has 146 valence electrons. The minimum absolute atomic E-state index is 0.189. The smallest absolute Gasteiger partial charge is 0.340 e. The highest BCUT2D eigenvalue weighted by Gasteiger charge is 2.23. The number of nitrogens with one attached hydrogen (secondary N) is 1. The molecule has 1 fully saturated rings. The molecular weight excluding hydrogens is 356 g/mol. The zero-order valence-corrected chi connectivity index (χ0v) is 15.9. The predicted molar refractivity (Wildman–Crippen MR) is 106 cm³/mol. The molecule has 1 atom stereocenters. The van der Waals surface area contributed by atoms with Gasteiger partial charge in [-0.05, 0) is 43.0 Å². The summed E-state index contributed by atoms with van der Waals surface area (Å²) in [7, 11) is 0. The van der Waals surface area contributed by atoms with Gasteiger partial charge in [0.2, 0.25) is 0 Å². The molecule has 6 nitrogen and oxygen atoms in total. The summed E-state index contributed by atoms with van der Waals surface area (Å²) in [6.45, 7) is 3.20.